The number of hydrogen-bond acceptors (Lipinski definition) is 2. The van der Waals surface area contributed by atoms with Crippen molar-refractivity contribution in [1.29, 1.82) is 0 Å². The Kier molecular flexibility index (Phi) is 2.81. The van der Waals surface area contributed by atoms with Crippen LogP contribution in [-0.4, -0.2) is 11.8 Å². The van der Waals surface area contributed by atoms with Crippen molar-refractivity contribution in [1.82, 2.24) is 0 Å². The lowest BCUT2D eigenvalue weighted by molar-refractivity contribution is -0.120. The normalized spacial score (nSPS) is 15.8. The summed E-state index contributed by atoms with van der Waals surface area (Å²) in [6, 6.07) is 12.9. The zero-order chi connectivity index (χ0) is 13.6. The van der Waals surface area contributed by atoms with Gasteiger partial charge in [-0.15, -0.1) is 0 Å². The Balaban J connectivity index is 2.11. The highest BCUT2D eigenvalue weighted by Crippen LogP contribution is 2.32. The maximum atomic E-state index is 11.9. The molecule has 5 heteroatoms. The molecule has 0 bridgehead atoms. The zero-order valence-corrected chi connectivity index (χ0v) is 11.1. The fourth-order valence-corrected chi connectivity index (χ4v) is 2.36. The number of anilines is 1. The van der Waals surface area contributed by atoms with Gasteiger partial charge >= 0.3 is 0 Å². The molecule has 0 saturated carbocycles. The van der Waals surface area contributed by atoms with E-state index in [1.807, 2.05) is 30.3 Å². The van der Waals surface area contributed by atoms with Gasteiger partial charge in [-0.05, 0) is 22.9 Å². The first kappa shape index (κ1) is 12.2. The van der Waals surface area contributed by atoms with Crippen molar-refractivity contribution in [2.24, 2.45) is 0 Å². The second-order valence-electron chi connectivity index (χ2n) is 4.11. The lowest BCUT2D eigenvalue weighted by atomic mass is 10.1. The number of imide groups is 1. The molecule has 0 saturated heterocycles. The molecule has 1 aliphatic rings. The van der Waals surface area contributed by atoms with Gasteiger partial charge in [0.1, 0.15) is 10.1 Å². The van der Waals surface area contributed by atoms with Crippen LogP contribution in [0.5, 0.6) is 0 Å². The molecule has 0 fully saturated rings. The first-order valence-corrected chi connectivity index (χ1v) is 6.28. The average molecular weight is 292 g/mol. The third kappa shape index (κ3) is 1.82. The highest BCUT2D eigenvalue weighted by Gasteiger charge is 2.37. The van der Waals surface area contributed by atoms with E-state index >= 15 is 0 Å². The van der Waals surface area contributed by atoms with Crippen LogP contribution in [0.15, 0.2) is 52.5 Å². The average Bonchev–Trinajstić information content (AvgIpc) is 2.63. The Hall–Kier alpha value is -1.84. The number of fused-ring (bicyclic) bond motifs is 1. The van der Waals surface area contributed by atoms with E-state index in [1.54, 1.807) is 12.1 Å². The molecule has 1 aliphatic heterocycles. The molecule has 2 amide bonds. The van der Waals surface area contributed by atoms with Crippen molar-refractivity contribution in [2.75, 3.05) is 4.90 Å². The van der Waals surface area contributed by atoms with Crippen LogP contribution < -0.4 is 4.90 Å². The SMILES string of the molecule is O=C1C(Cl)=C(Cl)C(=O)N1c1ccc2ccccc2c1. The van der Waals surface area contributed by atoms with Crippen LogP contribution in [0.4, 0.5) is 5.69 Å². The zero-order valence-electron chi connectivity index (χ0n) is 9.56. The van der Waals surface area contributed by atoms with E-state index in [4.69, 9.17) is 23.2 Å². The minimum Gasteiger partial charge on any atom is -0.267 e. The maximum absolute atomic E-state index is 11.9. The monoisotopic (exact) mass is 291 g/mol. The summed E-state index contributed by atoms with van der Waals surface area (Å²) in [4.78, 5) is 24.8. The van der Waals surface area contributed by atoms with Gasteiger partial charge in [-0.2, -0.15) is 0 Å². The molecule has 2 aromatic carbocycles. The number of carbonyl (C=O) groups is 2. The van der Waals surface area contributed by atoms with Crippen molar-refractivity contribution < 1.29 is 9.59 Å². The van der Waals surface area contributed by atoms with Crippen molar-refractivity contribution in [3.63, 3.8) is 0 Å². The van der Waals surface area contributed by atoms with Gasteiger partial charge in [0.15, 0.2) is 0 Å². The molecule has 0 aromatic heterocycles. The van der Waals surface area contributed by atoms with Gasteiger partial charge in [0.25, 0.3) is 11.8 Å². The van der Waals surface area contributed by atoms with Gasteiger partial charge in [-0.1, -0.05) is 53.5 Å². The molecule has 0 radical (unpaired) electrons. The number of rotatable bonds is 1. The molecule has 0 N–H and O–H groups in total. The molecular formula is C14H7Cl2NO2. The van der Waals surface area contributed by atoms with E-state index in [0.717, 1.165) is 15.7 Å². The molecule has 94 valence electrons. The third-order valence-corrected chi connectivity index (χ3v) is 3.76. The van der Waals surface area contributed by atoms with Crippen LogP contribution in [0.2, 0.25) is 0 Å². The standard InChI is InChI=1S/C14H7Cl2NO2/c15-11-12(16)14(19)17(13(11)18)10-6-5-8-3-1-2-4-9(8)7-10/h1-7H. The van der Waals surface area contributed by atoms with Crippen LogP contribution in [0.25, 0.3) is 10.8 Å². The summed E-state index contributed by atoms with van der Waals surface area (Å²) < 4.78 is 0. The number of benzene rings is 2. The molecule has 19 heavy (non-hydrogen) atoms. The Morgan fingerprint density at radius 1 is 0.789 bits per heavy atom. The molecule has 2 aromatic rings. The van der Waals surface area contributed by atoms with Gasteiger partial charge < -0.3 is 0 Å². The number of hydrogen-bond donors (Lipinski definition) is 0. The first-order valence-electron chi connectivity index (χ1n) is 5.52. The summed E-state index contributed by atoms with van der Waals surface area (Å²) >= 11 is 11.4. The predicted octanol–water partition coefficient (Wildman–Crippen LogP) is 3.40. The second-order valence-corrected chi connectivity index (χ2v) is 4.86. The topological polar surface area (TPSA) is 37.4 Å². The van der Waals surface area contributed by atoms with Gasteiger partial charge in [-0.3, -0.25) is 9.59 Å². The molecule has 0 spiro atoms. The predicted molar refractivity (Wildman–Crippen MR) is 75.2 cm³/mol. The smallest absolute Gasteiger partial charge is 0.267 e. The van der Waals surface area contributed by atoms with E-state index < -0.39 is 11.8 Å². The highest BCUT2D eigenvalue weighted by atomic mass is 35.5. The summed E-state index contributed by atoms with van der Waals surface area (Å²) in [6.45, 7) is 0. The second kappa shape index (κ2) is 4.37. The van der Waals surface area contributed by atoms with Crippen molar-refractivity contribution in [3.05, 3.63) is 52.5 Å². The molecule has 0 aliphatic carbocycles. The van der Waals surface area contributed by atoms with Crippen molar-refractivity contribution >= 4 is 51.5 Å². The van der Waals surface area contributed by atoms with Crippen LogP contribution >= 0.6 is 23.2 Å². The van der Waals surface area contributed by atoms with Crippen molar-refractivity contribution in [2.45, 2.75) is 0 Å². The van der Waals surface area contributed by atoms with Crippen LogP contribution in [0.3, 0.4) is 0 Å². The Bertz CT molecular complexity index is 728. The minimum atomic E-state index is -0.591. The van der Waals surface area contributed by atoms with Gasteiger partial charge in [0.05, 0.1) is 5.69 Å². The lowest BCUT2D eigenvalue weighted by Gasteiger charge is -2.14. The fraction of sp³-hybridized carbons (Fsp3) is 0. The largest absolute Gasteiger partial charge is 0.278 e. The lowest BCUT2D eigenvalue weighted by Crippen LogP contribution is -2.30. The quantitative estimate of drug-likeness (QED) is 0.755. The summed E-state index contributed by atoms with van der Waals surface area (Å²) in [5.74, 6) is -1.18. The van der Waals surface area contributed by atoms with Crippen LogP contribution in [0, 0.1) is 0 Å². The summed E-state index contributed by atoms with van der Waals surface area (Å²) in [6.07, 6.45) is 0. The molecule has 3 rings (SSSR count). The minimum absolute atomic E-state index is 0.236. The van der Waals surface area contributed by atoms with Gasteiger partial charge in [0.2, 0.25) is 0 Å². The van der Waals surface area contributed by atoms with E-state index in [-0.39, 0.29) is 10.1 Å². The van der Waals surface area contributed by atoms with Crippen molar-refractivity contribution in [3.8, 4) is 0 Å². The van der Waals surface area contributed by atoms with Crippen LogP contribution in [0.1, 0.15) is 0 Å². The van der Waals surface area contributed by atoms with E-state index in [9.17, 15) is 9.59 Å². The number of amides is 2. The molecule has 0 atom stereocenters. The Morgan fingerprint density at radius 2 is 1.37 bits per heavy atom. The van der Waals surface area contributed by atoms with Gasteiger partial charge in [0, 0.05) is 0 Å². The molecule has 0 unspecified atom stereocenters. The first-order chi connectivity index (χ1) is 9.09. The highest BCUT2D eigenvalue weighted by molar-refractivity contribution is 6.62. The number of nitrogens with zero attached hydrogens (tertiary/aromatic N) is 1. The summed E-state index contributed by atoms with van der Waals surface area (Å²) in [5.41, 5.74) is 0.461. The third-order valence-electron chi connectivity index (χ3n) is 2.97. The number of carbonyl (C=O) groups excluding carboxylic acids is 2. The summed E-state index contributed by atoms with van der Waals surface area (Å²) in [5, 5.41) is 1.48. The van der Waals surface area contributed by atoms with E-state index in [0.29, 0.717) is 5.69 Å². The Labute approximate surface area is 119 Å². The van der Waals surface area contributed by atoms with E-state index in [1.165, 1.54) is 0 Å². The molecule has 3 nitrogen and oxygen atoms in total. The molecular weight excluding hydrogens is 285 g/mol. The Morgan fingerprint density at radius 3 is 2.00 bits per heavy atom. The van der Waals surface area contributed by atoms with Crippen LogP contribution in [-0.2, 0) is 9.59 Å². The van der Waals surface area contributed by atoms with E-state index in [2.05, 4.69) is 0 Å². The van der Waals surface area contributed by atoms with Gasteiger partial charge in [-0.25, -0.2) is 4.90 Å². The summed E-state index contributed by atoms with van der Waals surface area (Å²) in [7, 11) is 0. The fourth-order valence-electron chi connectivity index (χ4n) is 2.03. The maximum Gasteiger partial charge on any atom is 0.278 e. The molecule has 1 heterocycles. The number of halogens is 2.